The number of nitrogens with zero attached hydrogens (tertiary/aromatic N) is 5. The van der Waals surface area contributed by atoms with E-state index in [1.54, 1.807) is 19.4 Å². The van der Waals surface area contributed by atoms with Crippen molar-refractivity contribution in [2.24, 2.45) is 5.92 Å². The van der Waals surface area contributed by atoms with Crippen molar-refractivity contribution in [1.82, 2.24) is 29.2 Å². The summed E-state index contributed by atoms with van der Waals surface area (Å²) in [6.07, 6.45) is 8.99. The molecular formula is C31H41FN6O4. The minimum atomic E-state index is -0.940. The van der Waals surface area contributed by atoms with E-state index in [-0.39, 0.29) is 35.3 Å². The average molecular weight is 581 g/mol. The number of pyridine rings is 1. The summed E-state index contributed by atoms with van der Waals surface area (Å²) in [6, 6.07) is 5.80. The fourth-order valence-electron chi connectivity index (χ4n) is 6.49. The van der Waals surface area contributed by atoms with E-state index in [2.05, 4.69) is 15.2 Å². The van der Waals surface area contributed by atoms with Gasteiger partial charge in [0.1, 0.15) is 5.82 Å². The van der Waals surface area contributed by atoms with E-state index in [1.165, 1.54) is 27.7 Å². The zero-order valence-corrected chi connectivity index (χ0v) is 24.6. The Bertz CT molecular complexity index is 1480. The number of nitrogens with one attached hydrogen (secondary N) is 1. The van der Waals surface area contributed by atoms with Gasteiger partial charge >= 0.3 is 11.8 Å². The number of carboxylic acid groups (broad SMARTS) is 1. The van der Waals surface area contributed by atoms with Crippen LogP contribution in [-0.2, 0) is 0 Å². The third-order valence-corrected chi connectivity index (χ3v) is 9.15. The molecule has 1 saturated carbocycles. The van der Waals surface area contributed by atoms with Gasteiger partial charge in [0.25, 0.3) is 5.91 Å². The minimum absolute atomic E-state index is 0.00429. The molecule has 0 radical (unpaired) electrons. The Morgan fingerprint density at radius 2 is 1.81 bits per heavy atom. The number of carbonyl (C=O) groups is 2. The fraction of sp³-hybridized carbons (Fsp3) is 0.548. The molecule has 2 amide bonds. The van der Waals surface area contributed by atoms with Gasteiger partial charge in [0.15, 0.2) is 0 Å². The van der Waals surface area contributed by atoms with Gasteiger partial charge in [-0.15, -0.1) is 0 Å². The monoisotopic (exact) mass is 580 g/mol. The van der Waals surface area contributed by atoms with E-state index in [9.17, 15) is 18.8 Å². The molecule has 1 aliphatic carbocycles. The first-order chi connectivity index (χ1) is 20.1. The molecule has 2 N–H and O–H groups in total. The SMILES string of the molecule is CC(C)N(C)C(=O)c1cc(F)ccc1-n1c(=O)n(C2CCN(CCC3CCC(NC(=O)O)CC3)CC2)c2ccncc21. The van der Waals surface area contributed by atoms with Gasteiger partial charge in [-0.3, -0.25) is 18.9 Å². The third kappa shape index (κ3) is 6.21. The number of imidazole rings is 1. The molecule has 0 bridgehead atoms. The number of likely N-dealkylation sites (tertiary alicyclic amines) is 1. The van der Waals surface area contributed by atoms with Gasteiger partial charge in [-0.1, -0.05) is 0 Å². The first-order valence-corrected chi connectivity index (χ1v) is 15.0. The number of fused-ring (bicyclic) bond motifs is 1. The van der Waals surface area contributed by atoms with Gasteiger partial charge in [-0.05, 0) is 95.5 Å². The van der Waals surface area contributed by atoms with Crippen LogP contribution < -0.4 is 11.0 Å². The standard InChI is InChI=1S/C31H41FN6O4/c1-20(2)35(3)29(39)25-18-22(32)6-9-26(25)38-28-19-33-14-10-27(28)37(31(38)42)24-12-16-36(17-13-24)15-11-21-4-7-23(8-5-21)34-30(40)41/h6,9-10,14,18-21,23-24,34H,4-5,7-8,11-13,15-17H2,1-3H3,(H,40,41). The summed E-state index contributed by atoms with van der Waals surface area (Å²) in [7, 11) is 1.67. The maximum Gasteiger partial charge on any atom is 0.404 e. The summed E-state index contributed by atoms with van der Waals surface area (Å²) in [6.45, 7) is 6.53. The molecule has 2 aliphatic rings. The lowest BCUT2D eigenvalue weighted by atomic mass is 9.84. The van der Waals surface area contributed by atoms with Crippen LogP contribution in [0.1, 0.15) is 75.2 Å². The summed E-state index contributed by atoms with van der Waals surface area (Å²) in [5.74, 6) is -0.271. The number of benzene rings is 1. The van der Waals surface area contributed by atoms with Crippen LogP contribution in [0.15, 0.2) is 41.5 Å². The molecule has 11 heteroatoms. The molecule has 1 aromatic carbocycles. The van der Waals surface area contributed by atoms with Crippen LogP contribution in [0.5, 0.6) is 0 Å². The highest BCUT2D eigenvalue weighted by Gasteiger charge is 2.29. The van der Waals surface area contributed by atoms with Gasteiger partial charge in [0.05, 0.1) is 28.5 Å². The molecule has 1 saturated heterocycles. The van der Waals surface area contributed by atoms with Gasteiger partial charge in [0, 0.05) is 44.5 Å². The number of halogens is 1. The van der Waals surface area contributed by atoms with Crippen LogP contribution in [0.2, 0.25) is 0 Å². The van der Waals surface area contributed by atoms with Crippen LogP contribution in [-0.4, -0.2) is 79.8 Å². The Balaban J connectivity index is 1.32. The van der Waals surface area contributed by atoms with Crippen molar-refractivity contribution >= 4 is 23.0 Å². The second-order valence-electron chi connectivity index (χ2n) is 12.1. The Kier molecular flexibility index (Phi) is 8.96. The number of hydrogen-bond acceptors (Lipinski definition) is 5. The van der Waals surface area contributed by atoms with Crippen LogP contribution in [0.4, 0.5) is 9.18 Å². The van der Waals surface area contributed by atoms with Gasteiger partial charge in [-0.2, -0.15) is 0 Å². The second-order valence-corrected chi connectivity index (χ2v) is 12.1. The van der Waals surface area contributed by atoms with Crippen molar-refractivity contribution in [2.75, 3.05) is 26.7 Å². The fourth-order valence-corrected chi connectivity index (χ4v) is 6.49. The molecule has 0 atom stereocenters. The van der Waals surface area contributed by atoms with Gasteiger partial charge < -0.3 is 20.2 Å². The molecule has 226 valence electrons. The van der Waals surface area contributed by atoms with Crippen molar-refractivity contribution in [1.29, 1.82) is 0 Å². The van der Waals surface area contributed by atoms with E-state index in [4.69, 9.17) is 5.11 Å². The first kappa shape index (κ1) is 29.8. The quantitative estimate of drug-likeness (QED) is 0.401. The summed E-state index contributed by atoms with van der Waals surface area (Å²) in [5, 5.41) is 11.6. The maximum atomic E-state index is 14.4. The Morgan fingerprint density at radius 1 is 1.10 bits per heavy atom. The lowest BCUT2D eigenvalue weighted by molar-refractivity contribution is 0.0754. The molecule has 0 spiro atoms. The summed E-state index contributed by atoms with van der Waals surface area (Å²) < 4.78 is 17.7. The molecule has 10 nitrogen and oxygen atoms in total. The molecular weight excluding hydrogens is 539 g/mol. The number of hydrogen-bond donors (Lipinski definition) is 2. The summed E-state index contributed by atoms with van der Waals surface area (Å²) >= 11 is 0. The van der Waals surface area contributed by atoms with E-state index in [1.807, 2.05) is 24.5 Å². The van der Waals surface area contributed by atoms with Crippen LogP contribution in [0.25, 0.3) is 16.7 Å². The molecule has 3 aromatic rings. The van der Waals surface area contributed by atoms with Gasteiger partial charge in [-0.25, -0.2) is 14.0 Å². The molecule has 2 aromatic heterocycles. The Morgan fingerprint density at radius 3 is 2.48 bits per heavy atom. The highest BCUT2D eigenvalue weighted by molar-refractivity contribution is 5.98. The molecule has 5 rings (SSSR count). The topological polar surface area (TPSA) is 113 Å². The smallest absolute Gasteiger partial charge is 0.404 e. The molecule has 42 heavy (non-hydrogen) atoms. The molecule has 2 fully saturated rings. The van der Waals surface area contributed by atoms with Crippen LogP contribution in [0, 0.1) is 11.7 Å². The van der Waals surface area contributed by atoms with Crippen LogP contribution in [0.3, 0.4) is 0 Å². The van der Waals surface area contributed by atoms with Crippen molar-refractivity contribution < 1.29 is 19.1 Å². The van der Waals surface area contributed by atoms with Gasteiger partial charge in [0.2, 0.25) is 0 Å². The van der Waals surface area contributed by atoms with Crippen molar-refractivity contribution in [3.05, 3.63) is 58.5 Å². The zero-order valence-electron chi connectivity index (χ0n) is 24.6. The highest BCUT2D eigenvalue weighted by Crippen LogP contribution is 2.30. The molecule has 3 heterocycles. The van der Waals surface area contributed by atoms with E-state index < -0.39 is 11.9 Å². The normalized spacial score (nSPS) is 20.2. The lowest BCUT2D eigenvalue weighted by Gasteiger charge is -2.34. The van der Waals surface area contributed by atoms with E-state index in [0.717, 1.165) is 70.1 Å². The summed E-state index contributed by atoms with van der Waals surface area (Å²) in [4.78, 5) is 46.6. The number of amides is 2. The Hall–Kier alpha value is -3.73. The lowest BCUT2D eigenvalue weighted by Crippen LogP contribution is -2.39. The zero-order chi connectivity index (χ0) is 30.0. The van der Waals surface area contributed by atoms with Crippen molar-refractivity contribution in [3.8, 4) is 5.69 Å². The average Bonchev–Trinajstić information content (AvgIpc) is 3.27. The molecule has 0 unspecified atom stereocenters. The minimum Gasteiger partial charge on any atom is -0.465 e. The molecule has 1 aliphatic heterocycles. The van der Waals surface area contributed by atoms with Crippen LogP contribution >= 0.6 is 0 Å². The second kappa shape index (κ2) is 12.6. The number of piperidine rings is 1. The number of aromatic nitrogens is 3. The van der Waals surface area contributed by atoms with E-state index >= 15 is 0 Å². The predicted molar refractivity (Wildman–Crippen MR) is 159 cm³/mol. The third-order valence-electron chi connectivity index (χ3n) is 9.15. The Labute approximate surface area is 245 Å². The highest BCUT2D eigenvalue weighted by atomic mass is 19.1. The van der Waals surface area contributed by atoms with Crippen molar-refractivity contribution in [3.63, 3.8) is 0 Å². The maximum absolute atomic E-state index is 14.4. The van der Waals surface area contributed by atoms with E-state index in [0.29, 0.717) is 17.1 Å². The predicted octanol–water partition coefficient (Wildman–Crippen LogP) is 4.66. The largest absolute Gasteiger partial charge is 0.465 e. The van der Waals surface area contributed by atoms with Crippen molar-refractivity contribution in [2.45, 2.75) is 76.9 Å². The first-order valence-electron chi connectivity index (χ1n) is 15.0. The number of rotatable bonds is 8. The summed E-state index contributed by atoms with van der Waals surface area (Å²) in [5.41, 5.74) is 1.57. The number of carbonyl (C=O) groups excluding carboxylic acids is 1.